The number of rotatable bonds is 8. The molecule has 2 rings (SSSR count). The Balaban J connectivity index is 1.87. The molecule has 0 unspecified atom stereocenters. The van der Waals surface area contributed by atoms with E-state index in [1.54, 1.807) is 50.6 Å². The van der Waals surface area contributed by atoms with Gasteiger partial charge in [0.1, 0.15) is 11.5 Å². The van der Waals surface area contributed by atoms with E-state index in [1.807, 2.05) is 6.07 Å². The molecule has 0 aliphatic heterocycles. The van der Waals surface area contributed by atoms with Crippen LogP contribution in [0.15, 0.2) is 42.5 Å². The molecule has 0 aromatic heterocycles. The topological polar surface area (TPSA) is 76.7 Å². The Hall–Kier alpha value is -3.02. The largest absolute Gasteiger partial charge is 0.497 e. The molecule has 0 fully saturated rings. The molecular formula is C19H22N2O4. The van der Waals surface area contributed by atoms with Gasteiger partial charge in [-0.3, -0.25) is 9.59 Å². The van der Waals surface area contributed by atoms with E-state index in [0.29, 0.717) is 29.3 Å². The molecule has 25 heavy (non-hydrogen) atoms. The van der Waals surface area contributed by atoms with Crippen molar-refractivity contribution in [3.63, 3.8) is 0 Å². The van der Waals surface area contributed by atoms with Gasteiger partial charge in [-0.25, -0.2) is 0 Å². The molecule has 0 bridgehead atoms. The van der Waals surface area contributed by atoms with Gasteiger partial charge >= 0.3 is 0 Å². The highest BCUT2D eigenvalue weighted by Crippen LogP contribution is 2.28. The molecule has 0 aliphatic carbocycles. The van der Waals surface area contributed by atoms with E-state index in [1.165, 1.54) is 6.92 Å². The van der Waals surface area contributed by atoms with Gasteiger partial charge in [0.25, 0.3) is 0 Å². The van der Waals surface area contributed by atoms with Crippen molar-refractivity contribution in [2.45, 2.75) is 13.3 Å². The number of hydrogen-bond donors (Lipinski definition) is 2. The van der Waals surface area contributed by atoms with Crippen molar-refractivity contribution < 1.29 is 19.1 Å². The fraction of sp³-hybridized carbons (Fsp3) is 0.263. The summed E-state index contributed by atoms with van der Waals surface area (Å²) in [6.45, 7) is 1.95. The summed E-state index contributed by atoms with van der Waals surface area (Å²) < 4.78 is 10.5. The van der Waals surface area contributed by atoms with Gasteiger partial charge < -0.3 is 20.1 Å². The Morgan fingerprint density at radius 3 is 2.32 bits per heavy atom. The van der Waals surface area contributed by atoms with Gasteiger partial charge in [0.15, 0.2) is 5.78 Å². The molecule has 0 atom stereocenters. The Morgan fingerprint density at radius 1 is 1.00 bits per heavy atom. The number of ketones is 1. The highest BCUT2D eigenvalue weighted by molar-refractivity contribution is 5.95. The number of benzene rings is 2. The Kier molecular flexibility index (Phi) is 6.39. The molecule has 132 valence electrons. The van der Waals surface area contributed by atoms with E-state index in [2.05, 4.69) is 10.6 Å². The van der Waals surface area contributed by atoms with Gasteiger partial charge in [-0.15, -0.1) is 0 Å². The third kappa shape index (κ3) is 5.24. The summed E-state index contributed by atoms with van der Waals surface area (Å²) in [5.41, 5.74) is 2.04. The number of ether oxygens (including phenoxy) is 2. The number of carbonyl (C=O) groups is 2. The first-order valence-electron chi connectivity index (χ1n) is 7.90. The zero-order valence-corrected chi connectivity index (χ0v) is 14.6. The van der Waals surface area contributed by atoms with Gasteiger partial charge in [-0.1, -0.05) is 0 Å². The van der Waals surface area contributed by atoms with Crippen LogP contribution in [0.1, 0.15) is 23.7 Å². The molecule has 0 spiro atoms. The standard InChI is InChI=1S/C19H22N2O4/c1-13(22)14-4-6-15(7-5-14)21-19(23)10-11-20-17-12-16(24-2)8-9-18(17)25-3/h4-9,12,20H,10-11H2,1-3H3,(H,21,23). The molecule has 0 saturated carbocycles. The highest BCUT2D eigenvalue weighted by Gasteiger charge is 2.07. The number of amides is 1. The monoisotopic (exact) mass is 342 g/mol. The van der Waals surface area contributed by atoms with Gasteiger partial charge in [0.05, 0.1) is 19.9 Å². The Morgan fingerprint density at radius 2 is 1.72 bits per heavy atom. The lowest BCUT2D eigenvalue weighted by atomic mass is 10.1. The smallest absolute Gasteiger partial charge is 0.226 e. The van der Waals surface area contributed by atoms with Crippen LogP contribution in [0.5, 0.6) is 11.5 Å². The summed E-state index contributed by atoms with van der Waals surface area (Å²) in [7, 11) is 3.18. The molecule has 0 saturated heterocycles. The molecule has 6 heteroatoms. The van der Waals surface area contributed by atoms with Crippen LogP contribution in [-0.4, -0.2) is 32.5 Å². The minimum Gasteiger partial charge on any atom is -0.497 e. The molecule has 2 aromatic carbocycles. The van der Waals surface area contributed by atoms with Crippen LogP contribution in [0.4, 0.5) is 11.4 Å². The first-order valence-corrected chi connectivity index (χ1v) is 7.90. The fourth-order valence-corrected chi connectivity index (χ4v) is 2.27. The number of nitrogens with one attached hydrogen (secondary N) is 2. The Labute approximate surface area is 147 Å². The lowest BCUT2D eigenvalue weighted by Gasteiger charge is -2.12. The molecular weight excluding hydrogens is 320 g/mol. The summed E-state index contributed by atoms with van der Waals surface area (Å²) in [6, 6.07) is 12.2. The minimum absolute atomic E-state index is 0.00527. The van der Waals surface area contributed by atoms with E-state index < -0.39 is 0 Å². The maximum Gasteiger partial charge on any atom is 0.226 e. The van der Waals surface area contributed by atoms with Gasteiger partial charge in [-0.2, -0.15) is 0 Å². The average molecular weight is 342 g/mol. The second-order valence-electron chi connectivity index (χ2n) is 5.42. The fourth-order valence-electron chi connectivity index (χ4n) is 2.27. The maximum atomic E-state index is 12.0. The van der Waals surface area contributed by atoms with Crippen LogP contribution in [0.2, 0.25) is 0 Å². The second kappa shape index (κ2) is 8.73. The van der Waals surface area contributed by atoms with Crippen molar-refractivity contribution in [1.29, 1.82) is 0 Å². The lowest BCUT2D eigenvalue weighted by molar-refractivity contribution is -0.115. The van der Waals surface area contributed by atoms with Crippen LogP contribution in [0.3, 0.4) is 0 Å². The van der Waals surface area contributed by atoms with Crippen LogP contribution in [0.25, 0.3) is 0 Å². The van der Waals surface area contributed by atoms with Crippen molar-refractivity contribution in [1.82, 2.24) is 0 Å². The summed E-state index contributed by atoms with van der Waals surface area (Å²) in [5.74, 6) is 1.26. The first kappa shape index (κ1) is 18.3. The molecule has 0 aliphatic rings. The summed E-state index contributed by atoms with van der Waals surface area (Å²) in [6.07, 6.45) is 0.287. The first-order chi connectivity index (χ1) is 12.0. The third-order valence-electron chi connectivity index (χ3n) is 3.65. The third-order valence-corrected chi connectivity index (χ3v) is 3.65. The van der Waals surface area contributed by atoms with Crippen molar-refractivity contribution in [3.05, 3.63) is 48.0 Å². The van der Waals surface area contributed by atoms with E-state index in [0.717, 1.165) is 5.69 Å². The summed E-state index contributed by atoms with van der Waals surface area (Å²) in [5, 5.41) is 5.97. The predicted molar refractivity (Wildman–Crippen MR) is 97.7 cm³/mol. The van der Waals surface area contributed by atoms with Crippen molar-refractivity contribution in [2.75, 3.05) is 31.4 Å². The Bertz CT molecular complexity index is 742. The summed E-state index contributed by atoms with van der Waals surface area (Å²) >= 11 is 0. The second-order valence-corrected chi connectivity index (χ2v) is 5.42. The molecule has 2 N–H and O–H groups in total. The molecule has 0 heterocycles. The molecule has 0 radical (unpaired) electrons. The zero-order chi connectivity index (χ0) is 18.2. The molecule has 2 aromatic rings. The SMILES string of the molecule is COc1ccc(OC)c(NCCC(=O)Nc2ccc(C(C)=O)cc2)c1. The normalized spacial score (nSPS) is 10.0. The minimum atomic E-state index is -0.120. The van der Waals surface area contributed by atoms with E-state index in [9.17, 15) is 9.59 Å². The van der Waals surface area contributed by atoms with Gasteiger partial charge in [-0.05, 0) is 43.3 Å². The van der Waals surface area contributed by atoms with E-state index >= 15 is 0 Å². The maximum absolute atomic E-state index is 12.0. The average Bonchev–Trinajstić information content (AvgIpc) is 2.62. The van der Waals surface area contributed by atoms with E-state index in [-0.39, 0.29) is 18.1 Å². The van der Waals surface area contributed by atoms with Gasteiger partial charge in [0.2, 0.25) is 5.91 Å². The van der Waals surface area contributed by atoms with Crippen molar-refractivity contribution >= 4 is 23.1 Å². The number of hydrogen-bond acceptors (Lipinski definition) is 5. The van der Waals surface area contributed by atoms with Crippen LogP contribution < -0.4 is 20.1 Å². The molecule has 1 amide bonds. The van der Waals surface area contributed by atoms with Crippen molar-refractivity contribution in [3.8, 4) is 11.5 Å². The lowest BCUT2D eigenvalue weighted by Crippen LogP contribution is -2.16. The molecule has 6 nitrogen and oxygen atoms in total. The van der Waals surface area contributed by atoms with Crippen molar-refractivity contribution in [2.24, 2.45) is 0 Å². The number of Topliss-reactive ketones (excluding diaryl/α,β-unsaturated/α-hetero) is 1. The van der Waals surface area contributed by atoms with Crippen LogP contribution >= 0.6 is 0 Å². The number of carbonyl (C=O) groups excluding carboxylic acids is 2. The number of anilines is 2. The summed E-state index contributed by atoms with van der Waals surface area (Å²) in [4.78, 5) is 23.3. The zero-order valence-electron chi connectivity index (χ0n) is 14.6. The number of methoxy groups -OCH3 is 2. The quantitative estimate of drug-likeness (QED) is 0.720. The highest BCUT2D eigenvalue weighted by atomic mass is 16.5. The van der Waals surface area contributed by atoms with Crippen LogP contribution in [-0.2, 0) is 4.79 Å². The van der Waals surface area contributed by atoms with Crippen LogP contribution in [0, 0.1) is 0 Å². The predicted octanol–water partition coefficient (Wildman–Crippen LogP) is 3.35. The van der Waals surface area contributed by atoms with E-state index in [4.69, 9.17) is 9.47 Å². The van der Waals surface area contributed by atoms with Gasteiger partial charge in [0, 0.05) is 30.3 Å².